The summed E-state index contributed by atoms with van der Waals surface area (Å²) in [6, 6.07) is 5.19. The normalized spacial score (nSPS) is 24.6. The number of halogens is 2. The molecular formula is C25H35Cl2N3O4. The number of rotatable bonds is 8. The van der Waals surface area contributed by atoms with Crippen molar-refractivity contribution >= 4 is 41.1 Å². The van der Waals surface area contributed by atoms with Gasteiger partial charge in [-0.25, -0.2) is 0 Å². The standard InChI is InChI=1S/C25H35Cl2N3O4/c1-25(18-31)9-13-28(17-22(25)32)10-2-3-11-29-14-15-30(12-8-24(29)34)23(33)7-5-19-4-6-20(26)21(27)16-19/h4-7,16,22,31-32H,2-3,8-15,17-18H2,1H3/b7-5+/t22-,25+/m0/s1. The van der Waals surface area contributed by atoms with Crippen molar-refractivity contribution < 1.29 is 19.8 Å². The third-order valence-electron chi connectivity index (χ3n) is 7.01. The molecule has 3 rings (SSSR count). The molecule has 2 aliphatic heterocycles. The molecule has 34 heavy (non-hydrogen) atoms. The Labute approximate surface area is 211 Å². The highest BCUT2D eigenvalue weighted by Gasteiger charge is 2.37. The Bertz CT molecular complexity index is 897. The first-order valence-corrected chi connectivity index (χ1v) is 12.7. The van der Waals surface area contributed by atoms with Crippen molar-refractivity contribution in [2.75, 3.05) is 52.4 Å². The summed E-state index contributed by atoms with van der Waals surface area (Å²) in [5, 5.41) is 20.7. The van der Waals surface area contributed by atoms with Gasteiger partial charge in [-0.15, -0.1) is 0 Å². The van der Waals surface area contributed by atoms with Crippen LogP contribution in [0.3, 0.4) is 0 Å². The van der Waals surface area contributed by atoms with Gasteiger partial charge in [-0.05, 0) is 56.1 Å². The van der Waals surface area contributed by atoms with Crippen molar-refractivity contribution in [1.29, 1.82) is 0 Å². The number of β-amino-alcohol motifs (C(OH)–C–C–N with tert-alkyl or cyclic N) is 1. The second-order valence-corrected chi connectivity index (χ2v) is 10.4. The number of carbonyl (C=O) groups excluding carboxylic acids is 2. The first-order valence-electron chi connectivity index (χ1n) is 11.9. The summed E-state index contributed by atoms with van der Waals surface area (Å²) in [4.78, 5) is 31.0. The Morgan fingerprint density at radius 2 is 1.91 bits per heavy atom. The highest BCUT2D eigenvalue weighted by atomic mass is 35.5. The van der Waals surface area contributed by atoms with Gasteiger partial charge in [-0.2, -0.15) is 0 Å². The second-order valence-electron chi connectivity index (χ2n) is 9.55. The smallest absolute Gasteiger partial charge is 0.246 e. The van der Waals surface area contributed by atoms with Gasteiger partial charge in [0, 0.05) is 50.6 Å². The van der Waals surface area contributed by atoms with E-state index < -0.39 is 11.5 Å². The van der Waals surface area contributed by atoms with Crippen molar-refractivity contribution in [2.24, 2.45) is 5.41 Å². The minimum Gasteiger partial charge on any atom is -0.396 e. The molecule has 188 valence electrons. The molecule has 0 unspecified atom stereocenters. The predicted molar refractivity (Wildman–Crippen MR) is 135 cm³/mol. The number of hydrogen-bond acceptors (Lipinski definition) is 5. The minimum absolute atomic E-state index is 0.00384. The summed E-state index contributed by atoms with van der Waals surface area (Å²) in [6.07, 6.45) is 5.60. The zero-order valence-corrected chi connectivity index (χ0v) is 21.3. The predicted octanol–water partition coefficient (Wildman–Crippen LogP) is 2.91. The average Bonchev–Trinajstić information content (AvgIpc) is 3.01. The van der Waals surface area contributed by atoms with E-state index >= 15 is 0 Å². The summed E-state index contributed by atoms with van der Waals surface area (Å²) >= 11 is 12.0. The second kappa shape index (κ2) is 12.4. The van der Waals surface area contributed by atoms with E-state index in [9.17, 15) is 19.8 Å². The quantitative estimate of drug-likeness (QED) is 0.414. The molecule has 1 aromatic carbocycles. The lowest BCUT2D eigenvalue weighted by molar-refractivity contribution is -0.130. The van der Waals surface area contributed by atoms with Crippen molar-refractivity contribution in [3.05, 3.63) is 39.9 Å². The first kappa shape index (κ1) is 27.0. The number of piperidine rings is 1. The molecule has 0 aliphatic carbocycles. The van der Waals surface area contributed by atoms with Crippen LogP contribution < -0.4 is 0 Å². The van der Waals surface area contributed by atoms with Crippen molar-refractivity contribution in [2.45, 2.75) is 38.7 Å². The number of amides is 2. The third-order valence-corrected chi connectivity index (χ3v) is 7.75. The van der Waals surface area contributed by atoms with Gasteiger partial charge in [0.1, 0.15) is 0 Å². The molecule has 0 spiro atoms. The van der Waals surface area contributed by atoms with Gasteiger partial charge in [-0.1, -0.05) is 36.2 Å². The number of nitrogens with zero attached hydrogens (tertiary/aromatic N) is 3. The van der Waals surface area contributed by atoms with E-state index in [4.69, 9.17) is 23.2 Å². The van der Waals surface area contributed by atoms with E-state index in [1.807, 2.05) is 11.8 Å². The van der Waals surface area contributed by atoms with Crippen LogP contribution in [0.25, 0.3) is 6.08 Å². The van der Waals surface area contributed by atoms with E-state index in [-0.39, 0.29) is 18.4 Å². The van der Waals surface area contributed by atoms with Gasteiger partial charge < -0.3 is 24.9 Å². The van der Waals surface area contributed by atoms with Crippen LogP contribution in [0.5, 0.6) is 0 Å². The highest BCUT2D eigenvalue weighted by molar-refractivity contribution is 6.42. The van der Waals surface area contributed by atoms with Gasteiger partial charge in [-0.3, -0.25) is 9.59 Å². The molecule has 2 N–H and O–H groups in total. The number of unbranched alkanes of at least 4 members (excludes halogenated alkanes) is 1. The average molecular weight is 512 g/mol. The summed E-state index contributed by atoms with van der Waals surface area (Å²) in [6.45, 7) is 6.36. The maximum Gasteiger partial charge on any atom is 0.246 e. The Kier molecular flexibility index (Phi) is 9.80. The van der Waals surface area contributed by atoms with Crippen LogP contribution in [-0.2, 0) is 9.59 Å². The molecule has 9 heteroatoms. The molecule has 0 bridgehead atoms. The van der Waals surface area contributed by atoms with Crippen molar-refractivity contribution in [3.8, 4) is 0 Å². The SMILES string of the molecule is C[C@]1(CO)CCN(CCCCN2CCN(C(=O)/C=C/c3ccc(Cl)c(Cl)c3)CCC2=O)C[C@@H]1O. The van der Waals surface area contributed by atoms with Crippen LogP contribution in [0.2, 0.25) is 10.0 Å². The Balaban J connectivity index is 1.41. The van der Waals surface area contributed by atoms with E-state index in [0.29, 0.717) is 49.2 Å². The van der Waals surface area contributed by atoms with E-state index in [2.05, 4.69) is 4.90 Å². The third kappa shape index (κ3) is 7.18. The Morgan fingerprint density at radius 1 is 1.15 bits per heavy atom. The van der Waals surface area contributed by atoms with E-state index in [1.165, 1.54) is 6.08 Å². The van der Waals surface area contributed by atoms with Crippen LogP contribution in [-0.4, -0.2) is 95.3 Å². The van der Waals surface area contributed by atoms with Gasteiger partial charge in [0.15, 0.2) is 0 Å². The summed E-state index contributed by atoms with van der Waals surface area (Å²) in [5.74, 6) is -0.0462. The van der Waals surface area contributed by atoms with Crippen molar-refractivity contribution in [3.63, 3.8) is 0 Å². The molecular weight excluding hydrogens is 477 g/mol. The fourth-order valence-electron chi connectivity index (χ4n) is 4.37. The molecule has 0 aromatic heterocycles. The zero-order valence-electron chi connectivity index (χ0n) is 19.8. The van der Waals surface area contributed by atoms with Crippen LogP contribution in [0, 0.1) is 5.41 Å². The number of aliphatic hydroxyl groups excluding tert-OH is 2. The molecule has 2 atom stereocenters. The Morgan fingerprint density at radius 3 is 2.62 bits per heavy atom. The van der Waals surface area contributed by atoms with E-state index in [1.54, 1.807) is 29.2 Å². The number of likely N-dealkylation sites (tertiary alicyclic amines) is 1. The number of carbonyl (C=O) groups is 2. The molecule has 0 saturated carbocycles. The van der Waals surface area contributed by atoms with Crippen LogP contribution in [0.15, 0.2) is 24.3 Å². The van der Waals surface area contributed by atoms with Gasteiger partial charge in [0.05, 0.1) is 22.8 Å². The minimum atomic E-state index is -0.521. The lowest BCUT2D eigenvalue weighted by Gasteiger charge is -2.42. The molecule has 2 heterocycles. The van der Waals surface area contributed by atoms with Crippen LogP contribution >= 0.6 is 23.2 Å². The summed E-state index contributed by atoms with van der Waals surface area (Å²) < 4.78 is 0. The lowest BCUT2D eigenvalue weighted by atomic mass is 9.79. The van der Waals surface area contributed by atoms with Gasteiger partial charge in [0.2, 0.25) is 11.8 Å². The fourth-order valence-corrected chi connectivity index (χ4v) is 4.68. The molecule has 7 nitrogen and oxygen atoms in total. The van der Waals surface area contributed by atoms with Gasteiger partial charge >= 0.3 is 0 Å². The van der Waals surface area contributed by atoms with Crippen molar-refractivity contribution in [1.82, 2.24) is 14.7 Å². The number of benzene rings is 1. The van der Waals surface area contributed by atoms with Gasteiger partial charge in [0.25, 0.3) is 0 Å². The van der Waals surface area contributed by atoms with Crippen LogP contribution in [0.4, 0.5) is 0 Å². The Hall–Kier alpha value is -1.64. The molecule has 2 fully saturated rings. The molecule has 2 saturated heterocycles. The summed E-state index contributed by atoms with van der Waals surface area (Å²) in [5.41, 5.74) is 0.382. The monoisotopic (exact) mass is 511 g/mol. The maximum absolute atomic E-state index is 12.6. The maximum atomic E-state index is 12.6. The fraction of sp³-hybridized carbons (Fsp3) is 0.600. The summed E-state index contributed by atoms with van der Waals surface area (Å²) in [7, 11) is 0. The number of aliphatic hydroxyl groups is 2. The zero-order chi connectivity index (χ0) is 24.7. The molecule has 0 radical (unpaired) electrons. The molecule has 1 aromatic rings. The van der Waals surface area contributed by atoms with Crippen LogP contribution in [0.1, 0.15) is 38.2 Å². The largest absolute Gasteiger partial charge is 0.396 e. The van der Waals surface area contributed by atoms with E-state index in [0.717, 1.165) is 37.9 Å². The molecule has 2 amide bonds. The first-order chi connectivity index (χ1) is 16.2. The highest BCUT2D eigenvalue weighted by Crippen LogP contribution is 2.30. The molecule has 2 aliphatic rings. The topological polar surface area (TPSA) is 84.3 Å². The lowest BCUT2D eigenvalue weighted by Crippen LogP contribution is -2.51. The number of hydrogen-bond donors (Lipinski definition) is 2.